The van der Waals surface area contributed by atoms with Crippen LogP contribution in [-0.4, -0.2) is 28.3 Å². The molecule has 0 saturated heterocycles. The Kier molecular flexibility index (Phi) is 6.76. The van der Waals surface area contributed by atoms with Gasteiger partial charge >= 0.3 is 5.97 Å². The summed E-state index contributed by atoms with van der Waals surface area (Å²) in [5.74, 6) is 0.631. The van der Waals surface area contributed by atoms with Gasteiger partial charge in [-0.2, -0.15) is 0 Å². The van der Waals surface area contributed by atoms with E-state index in [1.165, 1.54) is 0 Å². The molecule has 0 aliphatic rings. The minimum atomic E-state index is -1.11. The van der Waals surface area contributed by atoms with Crippen LogP contribution in [0.15, 0.2) is 34.7 Å². The lowest BCUT2D eigenvalue weighted by Gasteiger charge is -2.19. The maximum absolute atomic E-state index is 10.9. The number of aryl methyl sites for hydroxylation is 2. The van der Waals surface area contributed by atoms with E-state index in [1.54, 1.807) is 13.8 Å². The lowest BCUT2D eigenvalue weighted by atomic mass is 10.1. The van der Waals surface area contributed by atoms with E-state index in [2.05, 4.69) is 4.98 Å². The SMILES string of the molecule is Cc1oc(-c2ccccc2)nc1CCCCCCOC(C)(C)C(=O)O. The number of unbranched alkanes of at least 4 members (excludes halogenated alkanes) is 3. The van der Waals surface area contributed by atoms with Crippen molar-refractivity contribution in [2.75, 3.05) is 6.61 Å². The van der Waals surface area contributed by atoms with Crippen LogP contribution in [-0.2, 0) is 16.0 Å². The molecule has 0 fully saturated rings. The Hall–Kier alpha value is -2.14. The summed E-state index contributed by atoms with van der Waals surface area (Å²) in [6.45, 7) is 5.58. The summed E-state index contributed by atoms with van der Waals surface area (Å²) < 4.78 is 11.2. The number of ether oxygens (including phenoxy) is 1. The van der Waals surface area contributed by atoms with Crippen molar-refractivity contribution < 1.29 is 19.1 Å². The zero-order chi connectivity index (χ0) is 18.3. The van der Waals surface area contributed by atoms with Gasteiger partial charge < -0.3 is 14.3 Å². The van der Waals surface area contributed by atoms with Crippen LogP contribution in [0.25, 0.3) is 11.5 Å². The third-order valence-electron chi connectivity index (χ3n) is 4.20. The summed E-state index contributed by atoms with van der Waals surface area (Å²) >= 11 is 0. The molecule has 1 aromatic heterocycles. The van der Waals surface area contributed by atoms with E-state index in [0.29, 0.717) is 12.5 Å². The summed E-state index contributed by atoms with van der Waals surface area (Å²) in [4.78, 5) is 15.5. The van der Waals surface area contributed by atoms with Crippen molar-refractivity contribution in [1.29, 1.82) is 0 Å². The van der Waals surface area contributed by atoms with Crippen molar-refractivity contribution in [3.8, 4) is 11.5 Å². The summed E-state index contributed by atoms with van der Waals surface area (Å²) in [6.07, 6.45) is 4.86. The second-order valence-corrected chi connectivity index (χ2v) is 6.72. The van der Waals surface area contributed by atoms with Gasteiger partial charge in [-0.1, -0.05) is 31.0 Å². The van der Waals surface area contributed by atoms with Gasteiger partial charge in [0.15, 0.2) is 5.60 Å². The second-order valence-electron chi connectivity index (χ2n) is 6.72. The van der Waals surface area contributed by atoms with Gasteiger partial charge in [-0.15, -0.1) is 0 Å². The molecule has 0 unspecified atom stereocenters. The number of carboxylic acid groups (broad SMARTS) is 1. The molecule has 0 bridgehead atoms. The molecule has 0 spiro atoms. The van der Waals surface area contributed by atoms with Crippen molar-refractivity contribution in [3.63, 3.8) is 0 Å². The first-order chi connectivity index (χ1) is 11.9. The highest BCUT2D eigenvalue weighted by molar-refractivity contribution is 5.76. The van der Waals surface area contributed by atoms with Gasteiger partial charge in [0.1, 0.15) is 5.76 Å². The molecule has 25 heavy (non-hydrogen) atoms. The molecular weight excluding hydrogens is 318 g/mol. The molecule has 0 aliphatic carbocycles. The Bertz CT molecular complexity index is 676. The van der Waals surface area contributed by atoms with Crippen LogP contribution in [0, 0.1) is 6.92 Å². The number of rotatable bonds is 10. The molecule has 0 radical (unpaired) electrons. The van der Waals surface area contributed by atoms with Gasteiger partial charge in [0, 0.05) is 12.2 Å². The van der Waals surface area contributed by atoms with E-state index in [1.807, 2.05) is 37.3 Å². The Morgan fingerprint density at radius 3 is 2.52 bits per heavy atom. The van der Waals surface area contributed by atoms with E-state index in [9.17, 15) is 4.79 Å². The average Bonchev–Trinajstić information content (AvgIpc) is 2.95. The number of carboxylic acids is 1. The third-order valence-corrected chi connectivity index (χ3v) is 4.20. The van der Waals surface area contributed by atoms with Crippen molar-refractivity contribution in [1.82, 2.24) is 4.98 Å². The van der Waals surface area contributed by atoms with Gasteiger partial charge in [-0.25, -0.2) is 9.78 Å². The lowest BCUT2D eigenvalue weighted by Crippen LogP contribution is -2.35. The first-order valence-electron chi connectivity index (χ1n) is 8.79. The van der Waals surface area contributed by atoms with Crippen LogP contribution >= 0.6 is 0 Å². The molecule has 0 aliphatic heterocycles. The van der Waals surface area contributed by atoms with E-state index >= 15 is 0 Å². The fraction of sp³-hybridized carbons (Fsp3) is 0.500. The molecule has 0 atom stereocenters. The predicted molar refractivity (Wildman–Crippen MR) is 96.5 cm³/mol. The molecule has 1 aromatic carbocycles. The van der Waals surface area contributed by atoms with Crippen LogP contribution in [0.5, 0.6) is 0 Å². The summed E-state index contributed by atoms with van der Waals surface area (Å²) in [5.41, 5.74) is 0.906. The smallest absolute Gasteiger partial charge is 0.335 e. The first kappa shape index (κ1) is 19.2. The number of oxazole rings is 1. The largest absolute Gasteiger partial charge is 0.479 e. The highest BCUT2D eigenvalue weighted by Crippen LogP contribution is 2.22. The molecule has 5 nitrogen and oxygen atoms in total. The normalized spacial score (nSPS) is 11.6. The lowest BCUT2D eigenvalue weighted by molar-refractivity contribution is -0.161. The van der Waals surface area contributed by atoms with Crippen LogP contribution in [0.3, 0.4) is 0 Å². The molecule has 1 heterocycles. The number of hydrogen-bond acceptors (Lipinski definition) is 4. The molecule has 2 aromatic rings. The van der Waals surface area contributed by atoms with Crippen molar-refractivity contribution in [2.45, 2.75) is 58.5 Å². The Morgan fingerprint density at radius 1 is 1.16 bits per heavy atom. The predicted octanol–water partition coefficient (Wildman–Crippen LogP) is 4.63. The number of benzene rings is 1. The number of aromatic nitrogens is 1. The fourth-order valence-electron chi connectivity index (χ4n) is 2.50. The number of nitrogens with zero attached hydrogens (tertiary/aromatic N) is 1. The summed E-state index contributed by atoms with van der Waals surface area (Å²) in [6, 6.07) is 9.91. The second kappa shape index (κ2) is 8.81. The molecule has 1 N–H and O–H groups in total. The molecule has 2 rings (SSSR count). The van der Waals surface area contributed by atoms with Gasteiger partial charge in [-0.3, -0.25) is 0 Å². The monoisotopic (exact) mass is 345 g/mol. The summed E-state index contributed by atoms with van der Waals surface area (Å²) in [7, 11) is 0. The van der Waals surface area contributed by atoms with Crippen LogP contribution in [0.4, 0.5) is 0 Å². The first-order valence-corrected chi connectivity index (χ1v) is 8.79. The molecular formula is C20H27NO4. The van der Waals surface area contributed by atoms with Gasteiger partial charge in [-0.05, 0) is 52.2 Å². The van der Waals surface area contributed by atoms with Crippen LogP contribution in [0.1, 0.15) is 51.0 Å². The number of hydrogen-bond donors (Lipinski definition) is 1. The Balaban J connectivity index is 1.69. The minimum absolute atomic E-state index is 0.473. The van der Waals surface area contributed by atoms with Crippen LogP contribution < -0.4 is 0 Å². The molecule has 0 amide bonds. The maximum atomic E-state index is 10.9. The molecule has 136 valence electrons. The topological polar surface area (TPSA) is 72.6 Å². The molecule has 5 heteroatoms. The molecule has 0 saturated carbocycles. The van der Waals surface area contributed by atoms with Crippen molar-refractivity contribution in [2.24, 2.45) is 0 Å². The van der Waals surface area contributed by atoms with E-state index < -0.39 is 11.6 Å². The quantitative estimate of drug-likeness (QED) is 0.635. The fourth-order valence-corrected chi connectivity index (χ4v) is 2.50. The zero-order valence-corrected chi connectivity index (χ0v) is 15.2. The maximum Gasteiger partial charge on any atom is 0.335 e. The van der Waals surface area contributed by atoms with Gasteiger partial charge in [0.25, 0.3) is 0 Å². The number of aliphatic carboxylic acids is 1. The van der Waals surface area contributed by atoms with E-state index in [4.69, 9.17) is 14.3 Å². The average molecular weight is 345 g/mol. The Labute approximate surface area is 149 Å². The third kappa shape index (κ3) is 5.71. The number of carbonyl (C=O) groups is 1. The summed E-state index contributed by atoms with van der Waals surface area (Å²) in [5, 5.41) is 8.98. The highest BCUT2D eigenvalue weighted by Gasteiger charge is 2.27. The van der Waals surface area contributed by atoms with Gasteiger partial charge in [0.05, 0.1) is 5.69 Å². The van der Waals surface area contributed by atoms with Crippen molar-refractivity contribution >= 4 is 5.97 Å². The zero-order valence-electron chi connectivity index (χ0n) is 15.2. The van der Waals surface area contributed by atoms with Gasteiger partial charge in [0.2, 0.25) is 5.89 Å². The minimum Gasteiger partial charge on any atom is -0.479 e. The Morgan fingerprint density at radius 2 is 1.84 bits per heavy atom. The van der Waals surface area contributed by atoms with Crippen molar-refractivity contribution in [3.05, 3.63) is 41.8 Å². The van der Waals surface area contributed by atoms with Crippen LogP contribution in [0.2, 0.25) is 0 Å². The standard InChI is InChI=1S/C20H27NO4/c1-15-17(21-18(25-15)16-11-7-6-8-12-16)13-9-4-5-10-14-24-20(2,3)19(22)23/h6-8,11-12H,4-5,9-10,13-14H2,1-3H3,(H,22,23). The highest BCUT2D eigenvalue weighted by atomic mass is 16.5. The van der Waals surface area contributed by atoms with E-state index in [-0.39, 0.29) is 0 Å². The van der Waals surface area contributed by atoms with E-state index in [0.717, 1.165) is 49.1 Å².